The molecule has 8 unspecified atom stereocenters. The standard InChI is InChI=1S/C10H14FN3O4S.2C10H13FN2O5S.C10H13FN2O4S2.C10H15N3O4S.2C10H14N2O5S.C10H14N2O4S2/c1-10(17)6(16)5(3-15)18-8(10)14-2-4(11)7(12)13-9(14)19;1-10(17)6(15)5(3-14)18-8(10)13-2-4(11)7(19)12-9(13)16;1-10(17)6(15)5(3-14)18-8(10)13-2-4(11)7(16)12-9(13)19;1-10(16)6(15)5(3-14)17-8(10)13-2-4(11)7(18)12-9(13)19;1-10(16)7(15)5(4-14)17-8(10)13-3-2-6(11)12-9(13)18;1-10(16)7(14)5(4-13)17-8(10)12-3-2-6(18)11-9(12)15;1-10(16)7(15)5(4-13)17-8(10)12-3-2-6(14)11-9(12)18;1-10(15)7(14)5(4-13)16-8(10)12-3-2-6(17)11-9(12)18/h2,5-6,8,15-17H,3H2,1H3,(H2,12,13,19);2*2,5-6,8,14-15,17H,3H2,1H3,(H,12,16,19);2,5-6,8,14-16H,3H2,1H3,(H,12,18,19);2-3,5,7-8,14-16H,4H2,1H3,(H2,11,12,18);2-3,5,7-8,13-14,16H,4H2,1H3,(H,11,15,18);2-3,5,7-8,13,15-16H,4H2,1H3,(H,11,14,18);2-3,5,7-8,13-15H,4H2,1H3,(H,11,17,18)/t4*5-,6+,8-,10?;4*5-,7+,8-,10?/m11111111/s1. The molecule has 8 aliphatic rings. The summed E-state index contributed by atoms with van der Waals surface area (Å²) in [4.78, 5) is 67.2. The van der Waals surface area contributed by atoms with E-state index in [0.717, 1.165) is 47.6 Å². The molecule has 8 fully saturated rings. The minimum Gasteiger partial charge on any atom is -0.394 e. The maximum absolute atomic E-state index is 13.5. The first-order chi connectivity index (χ1) is 68.6. The smallest absolute Gasteiger partial charge is 0.328 e. The predicted molar refractivity (Wildman–Crippen MR) is 520 cm³/mol. The van der Waals surface area contributed by atoms with Crippen molar-refractivity contribution >= 4 is 134 Å². The van der Waals surface area contributed by atoms with Gasteiger partial charge < -0.3 is 182 Å². The third-order valence-electron chi connectivity index (χ3n) is 24.6. The number of nitrogen functional groups attached to an aromatic ring is 2. The lowest BCUT2D eigenvalue weighted by Crippen LogP contribution is -2.46. The van der Waals surface area contributed by atoms with Crippen LogP contribution in [0.5, 0.6) is 0 Å². The fraction of sp³-hybridized carbons (Fsp3) is 0.600. The zero-order valence-electron chi connectivity index (χ0n) is 78.3. The summed E-state index contributed by atoms with van der Waals surface area (Å²) < 4.78 is 106. The van der Waals surface area contributed by atoms with Crippen LogP contribution < -0.4 is 34.0 Å². The molecule has 0 saturated carbocycles. The van der Waals surface area contributed by atoms with Gasteiger partial charge in [-0.1, -0.05) is 48.9 Å². The van der Waals surface area contributed by atoms with E-state index >= 15 is 0 Å². The van der Waals surface area contributed by atoms with Gasteiger partial charge in [0.1, 0.15) is 167 Å². The average Bonchev–Trinajstić information content (AvgIpc) is 1.66. The highest BCUT2D eigenvalue weighted by Gasteiger charge is 2.60. The maximum atomic E-state index is 13.5. The Kier molecular flexibility index (Phi) is 41.1. The molecular formula is C80H110F4N18O36S10. The fourth-order valence-electron chi connectivity index (χ4n) is 16.1. The van der Waals surface area contributed by atoms with Crippen molar-refractivity contribution in [2.75, 3.05) is 64.3 Å². The highest BCUT2D eigenvalue weighted by atomic mass is 32.1. The van der Waals surface area contributed by atoms with Crippen LogP contribution >= 0.6 is 122 Å². The zero-order chi connectivity index (χ0) is 111. The van der Waals surface area contributed by atoms with Gasteiger partial charge in [-0.3, -0.25) is 66.1 Å². The van der Waals surface area contributed by atoms with Crippen LogP contribution in [0, 0.1) is 70.5 Å². The normalized spacial score (nSPS) is 35.3. The Balaban J connectivity index is 0.000000188. The molecule has 0 bridgehead atoms. The molecule has 0 spiro atoms. The highest BCUT2D eigenvalue weighted by molar-refractivity contribution is 7.73. The number of halogens is 4. The van der Waals surface area contributed by atoms with Gasteiger partial charge in [-0.05, 0) is 147 Å². The first-order valence-corrected chi connectivity index (χ1v) is 47.4. The molecule has 0 amide bonds. The molecule has 32 atom stereocenters. The number of aromatic amines is 6. The van der Waals surface area contributed by atoms with Crippen LogP contribution in [0.1, 0.15) is 105 Å². The summed E-state index contributed by atoms with van der Waals surface area (Å²) >= 11 is 48.9. The van der Waals surface area contributed by atoms with E-state index in [1.54, 1.807) is 12.3 Å². The topological polar surface area (TPSA) is 840 Å². The van der Waals surface area contributed by atoms with Crippen LogP contribution in [-0.4, -0.2) is 394 Å². The second-order valence-corrected chi connectivity index (χ2v) is 39.7. The number of rotatable bonds is 16. The molecule has 8 saturated heterocycles. The van der Waals surface area contributed by atoms with Gasteiger partial charge in [0.05, 0.1) is 65.2 Å². The Morgan fingerprint density at radius 1 is 0.304 bits per heavy atom. The minimum absolute atomic E-state index is 0.0439. The van der Waals surface area contributed by atoms with E-state index in [1.165, 1.54) is 106 Å². The van der Waals surface area contributed by atoms with Crippen molar-refractivity contribution in [1.82, 2.24) is 76.4 Å². The van der Waals surface area contributed by atoms with Crippen molar-refractivity contribution in [3.05, 3.63) is 186 Å². The van der Waals surface area contributed by atoms with Crippen LogP contribution in [-0.2, 0) is 37.9 Å². The molecule has 0 aliphatic carbocycles. The van der Waals surface area contributed by atoms with Gasteiger partial charge >= 0.3 is 11.4 Å². The first kappa shape index (κ1) is 124. The van der Waals surface area contributed by atoms with Crippen LogP contribution in [0.3, 0.4) is 0 Å². The number of H-pyrrole nitrogens is 6. The summed E-state index contributed by atoms with van der Waals surface area (Å²) in [5.41, 5.74) is -5.51. The largest absolute Gasteiger partial charge is 0.394 e. The van der Waals surface area contributed by atoms with E-state index in [2.05, 4.69) is 52.1 Å². The molecule has 8 aromatic rings. The number of hydrogen-bond donors (Lipinski definition) is 32. The molecule has 54 nitrogen and oxygen atoms in total. The summed E-state index contributed by atoms with van der Waals surface area (Å²) in [5.74, 6) is -3.63. The Labute approximate surface area is 880 Å². The minimum atomic E-state index is -1.86. The highest BCUT2D eigenvalue weighted by Crippen LogP contribution is 2.46. The quantitative estimate of drug-likeness (QED) is 0.0319. The van der Waals surface area contributed by atoms with Gasteiger partial charge in [0.25, 0.3) is 11.1 Å². The summed E-state index contributed by atoms with van der Waals surface area (Å²) in [5, 5.41) is 233. The van der Waals surface area contributed by atoms with E-state index < -0.39 is 279 Å². The Hall–Kier alpha value is -7.92. The van der Waals surface area contributed by atoms with Crippen molar-refractivity contribution in [3.63, 3.8) is 0 Å². The Morgan fingerprint density at radius 3 is 0.885 bits per heavy atom. The first-order valence-electron chi connectivity index (χ1n) is 43.4. The SMILES string of the molecule is CC1(O)[C@@H](O)[C@@H](CO)O[C@H]1n1cc(F)c(=O)[nH]c1=S.CC1(O)[C@@H](O)[C@@H](CO)O[C@H]1n1cc(F)c(=S)[nH]c1=O.CC1(O)[C@@H](O)[C@@H](CO)O[C@H]1n1cc(F)c(=S)[nH]c1=S.CC1(O)[C@@H](O)[C@@H](CO)O[C@H]1n1cc(F)c(N)nc1=S.CC1(O)[C@@H](O)[C@@H](CO)O[C@H]1n1ccc(=O)[nH]c1=S.CC1(O)[C@@H](O)[C@@H](CO)O[C@H]1n1ccc(=S)[nH]c1=O.CC1(O)[C@@H](O)[C@@H](CO)O[C@H]1n1ccc(=S)[nH]c1=S.CC1(O)[C@@H](O)[C@@H](CO)O[C@H]1n1ccc(N)nc1=S. The lowest BCUT2D eigenvalue weighted by molar-refractivity contribution is -0.0990. The molecule has 16 rings (SSSR count). The predicted octanol–water partition coefficient (Wildman–Crippen LogP) is -4.87. The summed E-state index contributed by atoms with van der Waals surface area (Å²) in [6, 6.07) is 5.81. The Bertz CT molecular complexity index is 6440. The molecular weight excluding hydrogens is 2190 g/mol. The molecule has 16 heterocycles. The van der Waals surface area contributed by atoms with Crippen molar-refractivity contribution in [1.29, 1.82) is 0 Å². The zero-order valence-corrected chi connectivity index (χ0v) is 86.5. The van der Waals surface area contributed by atoms with E-state index in [9.17, 15) is 118 Å². The third-order valence-corrected chi connectivity index (χ3v) is 27.5. The van der Waals surface area contributed by atoms with Crippen molar-refractivity contribution in [2.24, 2.45) is 0 Å². The molecule has 148 heavy (non-hydrogen) atoms. The van der Waals surface area contributed by atoms with Crippen molar-refractivity contribution in [2.45, 2.75) is 248 Å². The van der Waals surface area contributed by atoms with Gasteiger partial charge in [0, 0.05) is 43.2 Å². The van der Waals surface area contributed by atoms with Crippen LogP contribution in [0.4, 0.5) is 29.2 Å². The molecule has 68 heteroatoms. The molecule has 824 valence electrons. The van der Waals surface area contributed by atoms with Crippen LogP contribution in [0.15, 0.2) is 93.0 Å². The number of aliphatic hydroxyl groups excluding tert-OH is 16. The van der Waals surface area contributed by atoms with Gasteiger partial charge in [-0.2, -0.15) is 9.37 Å². The van der Waals surface area contributed by atoms with Gasteiger partial charge in [0.15, 0.2) is 92.2 Å². The molecule has 8 aliphatic heterocycles. The number of nitrogens with one attached hydrogen (secondary N) is 6. The van der Waals surface area contributed by atoms with E-state index in [0.29, 0.717) is 4.64 Å². The monoisotopic (exact) mass is 2290 g/mol. The third kappa shape index (κ3) is 26.0. The van der Waals surface area contributed by atoms with Gasteiger partial charge in [-0.25, -0.2) is 27.7 Å². The second kappa shape index (κ2) is 49.2. The number of ether oxygens (including phenoxy) is 8. The number of nitrogens with two attached hydrogens (primary N) is 2. The number of anilines is 2. The molecule has 8 aromatic heterocycles. The molecule has 34 N–H and O–H groups in total. The van der Waals surface area contributed by atoms with E-state index in [4.69, 9.17) is 200 Å². The molecule has 0 aromatic carbocycles. The van der Waals surface area contributed by atoms with Gasteiger partial charge in [-0.15, -0.1) is 0 Å². The summed E-state index contributed by atoms with van der Waals surface area (Å²) in [6.07, 6.45) is -17.5. The maximum Gasteiger partial charge on any atom is 0.328 e. The summed E-state index contributed by atoms with van der Waals surface area (Å²) in [7, 11) is 0. The number of aliphatic hydroxyl groups is 24. The number of hydrogen-bond acceptors (Lipinski definition) is 50. The summed E-state index contributed by atoms with van der Waals surface area (Å²) in [6.45, 7) is 6.97. The van der Waals surface area contributed by atoms with E-state index in [-0.39, 0.29) is 66.4 Å². The fourth-order valence-corrected chi connectivity index (χ4v) is 18.3. The van der Waals surface area contributed by atoms with Gasteiger partial charge in [0.2, 0.25) is 15.4 Å². The van der Waals surface area contributed by atoms with Crippen molar-refractivity contribution < 1.29 is 178 Å². The number of nitrogens with zero attached hydrogens (tertiary/aromatic N) is 10. The lowest BCUT2D eigenvalue weighted by atomic mass is 9.96. The van der Waals surface area contributed by atoms with Crippen molar-refractivity contribution in [3.8, 4) is 0 Å². The average molecular weight is 2300 g/mol. The molecule has 0 radical (unpaired) electrons. The lowest BCUT2D eigenvalue weighted by Gasteiger charge is -2.28. The Morgan fingerprint density at radius 2 is 0.554 bits per heavy atom. The van der Waals surface area contributed by atoms with Crippen LogP contribution in [0.2, 0.25) is 0 Å². The number of aromatic nitrogens is 16. The van der Waals surface area contributed by atoms with E-state index in [1.807, 2.05) is 0 Å². The second-order valence-electron chi connectivity index (χ2n) is 35.7. The van der Waals surface area contributed by atoms with Crippen LogP contribution in [0.25, 0.3) is 0 Å².